The minimum atomic E-state index is -3.77. The molecule has 0 unspecified atom stereocenters. The van der Waals surface area contributed by atoms with Crippen LogP contribution in [0.4, 0.5) is 0 Å². The van der Waals surface area contributed by atoms with Crippen LogP contribution in [0.5, 0.6) is 0 Å². The van der Waals surface area contributed by atoms with Crippen LogP contribution in [0.2, 0.25) is 0 Å². The molecule has 0 spiro atoms. The van der Waals surface area contributed by atoms with E-state index in [4.69, 9.17) is 43.6 Å². The highest BCUT2D eigenvalue weighted by atomic mass is 28.5. The van der Waals surface area contributed by atoms with Gasteiger partial charge in [0, 0.05) is 56.9 Å². The average molecular weight is 365 g/mol. The molecule has 0 aliphatic rings. The molecule has 0 N–H and O–H groups in total. The van der Waals surface area contributed by atoms with E-state index in [1.54, 1.807) is 0 Å². The molecule has 0 radical (unpaired) electrons. The molecule has 0 aliphatic carbocycles. The van der Waals surface area contributed by atoms with Gasteiger partial charge in [-0.25, -0.2) is 0 Å². The van der Waals surface area contributed by atoms with Gasteiger partial charge in [0.25, 0.3) is 0 Å². The van der Waals surface area contributed by atoms with Crippen LogP contribution in [0.15, 0.2) is 0 Å². The third-order valence-corrected chi connectivity index (χ3v) is 10.5. The van der Waals surface area contributed by atoms with Crippen molar-refractivity contribution >= 4 is 27.1 Å². The Hall–Kier alpha value is 0.251. The molecule has 21 heavy (non-hydrogen) atoms. The van der Waals surface area contributed by atoms with E-state index < -0.39 is 27.1 Å². The van der Waals surface area contributed by atoms with Gasteiger partial charge in [-0.2, -0.15) is 0 Å². The monoisotopic (exact) mass is 364 g/mol. The zero-order valence-electron chi connectivity index (χ0n) is 13.6. The van der Waals surface area contributed by atoms with E-state index in [1.165, 1.54) is 56.9 Å². The van der Waals surface area contributed by atoms with E-state index in [-0.39, 0.29) is 0 Å². The van der Waals surface area contributed by atoms with Crippen LogP contribution in [0.1, 0.15) is 0 Å². The summed E-state index contributed by atoms with van der Waals surface area (Å²) in [6.07, 6.45) is 0. The summed E-state index contributed by atoms with van der Waals surface area (Å²) in [5.41, 5.74) is 0. The van der Waals surface area contributed by atoms with Crippen LogP contribution in [0.25, 0.3) is 0 Å². The summed E-state index contributed by atoms with van der Waals surface area (Å²) in [4.78, 5) is 0. The Balaban J connectivity index is 5.42. The molecule has 0 aromatic rings. The second-order valence-corrected chi connectivity index (χ2v) is 11.2. The van der Waals surface area contributed by atoms with E-state index >= 15 is 0 Å². The molecule has 128 valence electrons. The van der Waals surface area contributed by atoms with Gasteiger partial charge in [-0.15, -0.1) is 0 Å². The minimum Gasteiger partial charge on any atom is -0.355 e. The van der Waals surface area contributed by atoms with Gasteiger partial charge >= 0.3 is 27.1 Å². The summed E-state index contributed by atoms with van der Waals surface area (Å²) in [6.45, 7) is 0. The van der Waals surface area contributed by atoms with E-state index in [0.29, 0.717) is 0 Å². The number of hydrogen-bond donors (Lipinski definition) is 0. The Morgan fingerprint density at radius 2 is 0.524 bits per heavy atom. The first-order valence-corrected chi connectivity index (χ1v) is 10.6. The van der Waals surface area contributed by atoms with Crippen molar-refractivity contribution in [2.45, 2.75) is 0 Å². The van der Waals surface area contributed by atoms with Gasteiger partial charge in [-0.3, -0.25) is 0 Å². The Morgan fingerprint density at radius 1 is 0.333 bits per heavy atom. The number of rotatable bonds is 12. The lowest BCUT2D eigenvalue weighted by Gasteiger charge is -2.35. The SMILES string of the molecule is CO[Si](OC)(OC)O[Si](OC)(OC)O[Si](OC)(OC)OC. The molecule has 0 rings (SSSR count). The maximum Gasteiger partial charge on any atom is 0.673 e. The first kappa shape index (κ1) is 21.3. The molecule has 0 saturated carbocycles. The lowest BCUT2D eigenvalue weighted by Crippen LogP contribution is -2.65. The summed E-state index contributed by atoms with van der Waals surface area (Å²) in [6, 6.07) is 0. The Bertz CT molecular complexity index is 241. The Kier molecular flexibility index (Phi) is 9.52. The first-order valence-electron chi connectivity index (χ1n) is 5.72. The lowest BCUT2D eigenvalue weighted by molar-refractivity contribution is -0.0461. The van der Waals surface area contributed by atoms with E-state index in [1.807, 2.05) is 0 Å². The Labute approximate surface area is 128 Å². The second kappa shape index (κ2) is 9.40. The smallest absolute Gasteiger partial charge is 0.355 e. The zero-order chi connectivity index (χ0) is 16.6. The molecule has 13 heteroatoms. The van der Waals surface area contributed by atoms with Crippen LogP contribution in [-0.2, 0) is 43.6 Å². The van der Waals surface area contributed by atoms with Crippen molar-refractivity contribution in [2.75, 3.05) is 56.9 Å². The third kappa shape index (κ3) is 5.13. The molecule has 0 fully saturated rings. The van der Waals surface area contributed by atoms with Crippen molar-refractivity contribution in [3.05, 3.63) is 0 Å². The summed E-state index contributed by atoms with van der Waals surface area (Å²) in [5, 5.41) is 0. The fourth-order valence-corrected chi connectivity index (χ4v) is 8.82. The molecule has 0 amide bonds. The lowest BCUT2D eigenvalue weighted by atomic mass is 11.8. The highest BCUT2D eigenvalue weighted by Gasteiger charge is 2.63. The van der Waals surface area contributed by atoms with Gasteiger partial charge in [0.1, 0.15) is 0 Å². The fourth-order valence-electron chi connectivity index (χ4n) is 1.33. The first-order chi connectivity index (χ1) is 9.90. The maximum absolute atomic E-state index is 5.67. The molecule has 0 aliphatic heterocycles. The topological polar surface area (TPSA) is 92.3 Å². The third-order valence-electron chi connectivity index (χ3n) is 2.50. The summed E-state index contributed by atoms with van der Waals surface area (Å²) < 4.78 is 52.9. The van der Waals surface area contributed by atoms with E-state index in [2.05, 4.69) is 0 Å². The number of hydrogen-bond acceptors (Lipinski definition) is 10. The van der Waals surface area contributed by atoms with E-state index in [0.717, 1.165) is 0 Å². The van der Waals surface area contributed by atoms with Crippen molar-refractivity contribution in [3.63, 3.8) is 0 Å². The van der Waals surface area contributed by atoms with Crippen molar-refractivity contribution in [1.29, 1.82) is 0 Å². The zero-order valence-corrected chi connectivity index (χ0v) is 16.6. The van der Waals surface area contributed by atoms with Crippen molar-refractivity contribution in [3.8, 4) is 0 Å². The molecule has 0 aromatic heterocycles. The van der Waals surface area contributed by atoms with Gasteiger partial charge in [-0.1, -0.05) is 0 Å². The van der Waals surface area contributed by atoms with Crippen LogP contribution in [-0.4, -0.2) is 84.0 Å². The van der Waals surface area contributed by atoms with Crippen LogP contribution < -0.4 is 0 Å². The van der Waals surface area contributed by atoms with Gasteiger partial charge < -0.3 is 43.6 Å². The standard InChI is InChI=1S/C8H24O10Si3/c1-9-19(10-2,11-3)17-21(15-7,16-8)18-20(12-4,13-5)14-6/h1-8H3. The molecule has 0 saturated heterocycles. The molecular weight excluding hydrogens is 340 g/mol. The molecule has 10 nitrogen and oxygen atoms in total. The predicted octanol–water partition coefficient (Wildman–Crippen LogP) is -0.502. The van der Waals surface area contributed by atoms with Crippen LogP contribution >= 0.6 is 0 Å². The Morgan fingerprint density at radius 3 is 0.667 bits per heavy atom. The highest BCUT2D eigenvalue weighted by Crippen LogP contribution is 2.24. The van der Waals surface area contributed by atoms with E-state index in [9.17, 15) is 0 Å². The largest absolute Gasteiger partial charge is 0.673 e. The summed E-state index contributed by atoms with van der Waals surface area (Å²) in [5.74, 6) is 0. The summed E-state index contributed by atoms with van der Waals surface area (Å²) >= 11 is 0. The average Bonchev–Trinajstić information content (AvgIpc) is 2.57. The molecule has 0 heterocycles. The van der Waals surface area contributed by atoms with Crippen molar-refractivity contribution in [1.82, 2.24) is 0 Å². The maximum atomic E-state index is 5.67. The van der Waals surface area contributed by atoms with Gasteiger partial charge in [0.2, 0.25) is 0 Å². The molecule has 0 atom stereocenters. The van der Waals surface area contributed by atoms with Gasteiger partial charge in [0.05, 0.1) is 0 Å². The second-order valence-electron chi connectivity index (χ2n) is 3.34. The fraction of sp³-hybridized carbons (Fsp3) is 1.00. The van der Waals surface area contributed by atoms with Crippen LogP contribution in [0, 0.1) is 0 Å². The normalized spacial score (nSPS) is 13.7. The quantitative estimate of drug-likeness (QED) is 0.422. The van der Waals surface area contributed by atoms with Crippen LogP contribution in [0.3, 0.4) is 0 Å². The van der Waals surface area contributed by atoms with Crippen molar-refractivity contribution < 1.29 is 43.6 Å². The summed E-state index contributed by atoms with van der Waals surface area (Å²) in [7, 11) is 0.173. The molecule has 0 bridgehead atoms. The molecular formula is C8H24O10Si3. The minimum absolute atomic E-state index is 1.34. The highest BCUT2D eigenvalue weighted by molar-refractivity contribution is 6.74. The van der Waals surface area contributed by atoms with Gasteiger partial charge in [0.15, 0.2) is 0 Å². The molecule has 0 aromatic carbocycles. The van der Waals surface area contributed by atoms with Gasteiger partial charge in [-0.05, 0) is 0 Å². The van der Waals surface area contributed by atoms with Crippen molar-refractivity contribution in [2.24, 2.45) is 0 Å². The predicted molar refractivity (Wildman–Crippen MR) is 75.5 cm³/mol.